The van der Waals surface area contributed by atoms with Crippen LogP contribution in [-0.4, -0.2) is 25.9 Å². The molecule has 2 aromatic rings. The molecule has 2 heterocycles. The van der Waals surface area contributed by atoms with E-state index in [9.17, 15) is 4.79 Å². The van der Waals surface area contributed by atoms with Crippen LogP contribution in [0.5, 0.6) is 0 Å². The Bertz CT molecular complexity index is 669. The van der Waals surface area contributed by atoms with E-state index in [4.69, 9.17) is 5.73 Å². The van der Waals surface area contributed by atoms with Crippen molar-refractivity contribution < 1.29 is 4.79 Å². The Morgan fingerprint density at radius 1 is 1.43 bits per heavy atom. The summed E-state index contributed by atoms with van der Waals surface area (Å²) in [7, 11) is 1.87. The highest BCUT2D eigenvalue weighted by Crippen LogP contribution is 2.30. The average Bonchev–Trinajstić information content (AvgIpc) is 2.75. The third kappa shape index (κ3) is 2.79. The Morgan fingerprint density at radius 2 is 2.24 bits per heavy atom. The SMILES string of the molecule is Cn1c(CN)nnc1SC1CCc2ccccc2NC1=O. The minimum atomic E-state index is -0.175. The van der Waals surface area contributed by atoms with Crippen LogP contribution in [-0.2, 0) is 24.8 Å². The van der Waals surface area contributed by atoms with E-state index in [0.29, 0.717) is 6.54 Å². The van der Waals surface area contributed by atoms with Gasteiger partial charge >= 0.3 is 0 Å². The molecular formula is C14H17N5OS. The molecule has 0 radical (unpaired) electrons. The van der Waals surface area contributed by atoms with Gasteiger partial charge in [-0.2, -0.15) is 0 Å². The molecule has 0 fully saturated rings. The number of amides is 1. The fraction of sp³-hybridized carbons (Fsp3) is 0.357. The van der Waals surface area contributed by atoms with Gasteiger partial charge < -0.3 is 15.6 Å². The van der Waals surface area contributed by atoms with Crippen LogP contribution in [0.15, 0.2) is 29.4 Å². The van der Waals surface area contributed by atoms with Crippen LogP contribution < -0.4 is 11.1 Å². The summed E-state index contributed by atoms with van der Waals surface area (Å²) in [6.07, 6.45) is 1.65. The summed E-state index contributed by atoms with van der Waals surface area (Å²) >= 11 is 1.44. The molecule has 1 aliphatic rings. The second kappa shape index (κ2) is 5.87. The number of carbonyl (C=O) groups excluding carboxylic acids is 1. The predicted octanol–water partition coefficient (Wildman–Crippen LogP) is 1.32. The van der Waals surface area contributed by atoms with E-state index in [1.165, 1.54) is 17.3 Å². The topological polar surface area (TPSA) is 85.8 Å². The highest BCUT2D eigenvalue weighted by atomic mass is 32.2. The maximum atomic E-state index is 12.4. The molecular weight excluding hydrogens is 286 g/mol. The summed E-state index contributed by atoms with van der Waals surface area (Å²) in [6.45, 7) is 0.340. The monoisotopic (exact) mass is 303 g/mol. The summed E-state index contributed by atoms with van der Waals surface area (Å²) < 4.78 is 1.84. The number of hydrogen-bond donors (Lipinski definition) is 2. The smallest absolute Gasteiger partial charge is 0.237 e. The normalized spacial score (nSPS) is 18.0. The molecule has 0 spiro atoms. The zero-order valence-corrected chi connectivity index (χ0v) is 12.6. The molecule has 1 aliphatic heterocycles. The summed E-state index contributed by atoms with van der Waals surface area (Å²) in [5.41, 5.74) is 7.68. The number of aryl methyl sites for hydroxylation is 1. The van der Waals surface area contributed by atoms with Crippen LogP contribution in [0, 0.1) is 0 Å². The van der Waals surface area contributed by atoms with Crippen LogP contribution >= 0.6 is 11.8 Å². The molecule has 1 atom stereocenters. The largest absolute Gasteiger partial charge is 0.325 e. The Morgan fingerprint density at radius 3 is 3.00 bits per heavy atom. The van der Waals surface area contributed by atoms with E-state index in [2.05, 4.69) is 21.6 Å². The third-order valence-electron chi connectivity index (χ3n) is 3.60. The number of nitrogens with two attached hydrogens (primary N) is 1. The fourth-order valence-electron chi connectivity index (χ4n) is 2.36. The molecule has 1 aromatic heterocycles. The number of fused-ring (bicyclic) bond motifs is 1. The van der Waals surface area contributed by atoms with E-state index >= 15 is 0 Å². The zero-order chi connectivity index (χ0) is 14.8. The molecule has 0 bridgehead atoms. The number of hydrogen-bond acceptors (Lipinski definition) is 5. The van der Waals surface area contributed by atoms with Crippen LogP contribution in [0.2, 0.25) is 0 Å². The molecule has 0 saturated heterocycles. The van der Waals surface area contributed by atoms with Gasteiger partial charge in [0, 0.05) is 12.7 Å². The number of carbonyl (C=O) groups is 1. The second-order valence-corrected chi connectivity index (χ2v) is 6.12. The van der Waals surface area contributed by atoms with Gasteiger partial charge in [0.05, 0.1) is 11.8 Å². The zero-order valence-electron chi connectivity index (χ0n) is 11.7. The van der Waals surface area contributed by atoms with Crippen molar-refractivity contribution in [2.24, 2.45) is 12.8 Å². The van der Waals surface area contributed by atoms with Gasteiger partial charge in [0.1, 0.15) is 5.82 Å². The molecule has 21 heavy (non-hydrogen) atoms. The molecule has 1 amide bonds. The van der Waals surface area contributed by atoms with Gasteiger partial charge in [-0.1, -0.05) is 30.0 Å². The van der Waals surface area contributed by atoms with Crippen molar-refractivity contribution in [3.05, 3.63) is 35.7 Å². The molecule has 7 heteroatoms. The van der Waals surface area contributed by atoms with E-state index < -0.39 is 0 Å². The highest BCUT2D eigenvalue weighted by Gasteiger charge is 2.26. The standard InChI is InChI=1S/C14H17N5OS/c1-19-12(8-15)17-18-14(19)21-11-7-6-9-4-2-3-5-10(9)16-13(11)20/h2-5,11H,6-8,15H2,1H3,(H,16,20). The minimum absolute atomic E-state index is 0.0160. The number of anilines is 1. The lowest BCUT2D eigenvalue weighted by molar-refractivity contribution is -0.115. The maximum absolute atomic E-state index is 12.4. The molecule has 1 aromatic carbocycles. The number of rotatable bonds is 3. The molecule has 110 valence electrons. The molecule has 3 rings (SSSR count). The van der Waals surface area contributed by atoms with Crippen molar-refractivity contribution in [1.82, 2.24) is 14.8 Å². The Labute approximate surface area is 127 Å². The quantitative estimate of drug-likeness (QED) is 0.893. The van der Waals surface area contributed by atoms with Gasteiger partial charge in [-0.05, 0) is 24.5 Å². The highest BCUT2D eigenvalue weighted by molar-refractivity contribution is 8.00. The van der Waals surface area contributed by atoms with Crippen molar-refractivity contribution in [2.45, 2.75) is 29.8 Å². The van der Waals surface area contributed by atoms with Gasteiger partial charge in [0.2, 0.25) is 5.91 Å². The van der Waals surface area contributed by atoms with Crippen molar-refractivity contribution in [3.63, 3.8) is 0 Å². The number of para-hydroxylation sites is 1. The van der Waals surface area contributed by atoms with Crippen LogP contribution in [0.1, 0.15) is 17.8 Å². The number of benzene rings is 1. The number of nitrogens with one attached hydrogen (secondary N) is 1. The van der Waals surface area contributed by atoms with Crippen molar-refractivity contribution in [2.75, 3.05) is 5.32 Å². The van der Waals surface area contributed by atoms with Gasteiger partial charge in [0.25, 0.3) is 0 Å². The first kappa shape index (κ1) is 14.1. The second-order valence-electron chi connectivity index (χ2n) is 4.95. The third-order valence-corrected chi connectivity index (χ3v) is 4.90. The molecule has 3 N–H and O–H groups in total. The molecule has 6 nitrogen and oxygen atoms in total. The first-order valence-corrected chi connectivity index (χ1v) is 7.70. The average molecular weight is 303 g/mol. The Hall–Kier alpha value is -1.86. The minimum Gasteiger partial charge on any atom is -0.325 e. The molecule has 0 saturated carbocycles. The lowest BCUT2D eigenvalue weighted by Gasteiger charge is -2.12. The summed E-state index contributed by atoms with van der Waals surface area (Å²) in [5, 5.41) is 11.7. The van der Waals surface area contributed by atoms with Gasteiger partial charge in [0.15, 0.2) is 5.16 Å². The number of aromatic nitrogens is 3. The van der Waals surface area contributed by atoms with Crippen LogP contribution in [0.25, 0.3) is 0 Å². The fourth-order valence-corrected chi connectivity index (χ4v) is 3.36. The Balaban J connectivity index is 1.78. The summed E-state index contributed by atoms with van der Waals surface area (Å²) in [5.74, 6) is 0.733. The lowest BCUT2D eigenvalue weighted by Crippen LogP contribution is -2.24. The van der Waals surface area contributed by atoms with Crippen LogP contribution in [0.3, 0.4) is 0 Å². The van der Waals surface area contributed by atoms with Gasteiger partial charge in [-0.25, -0.2) is 0 Å². The Kier molecular flexibility index (Phi) is 3.94. The van der Waals surface area contributed by atoms with Crippen molar-refractivity contribution in [3.8, 4) is 0 Å². The van der Waals surface area contributed by atoms with E-state index in [-0.39, 0.29) is 11.2 Å². The lowest BCUT2D eigenvalue weighted by atomic mass is 10.1. The van der Waals surface area contributed by atoms with Crippen molar-refractivity contribution in [1.29, 1.82) is 0 Å². The molecule has 0 aliphatic carbocycles. The van der Waals surface area contributed by atoms with Crippen molar-refractivity contribution >= 4 is 23.4 Å². The summed E-state index contributed by atoms with van der Waals surface area (Å²) in [4.78, 5) is 12.4. The van der Waals surface area contributed by atoms with Gasteiger partial charge in [-0.3, -0.25) is 4.79 Å². The summed E-state index contributed by atoms with van der Waals surface area (Å²) in [6, 6.07) is 7.92. The number of thioether (sulfide) groups is 1. The predicted molar refractivity (Wildman–Crippen MR) is 81.9 cm³/mol. The van der Waals surface area contributed by atoms with Crippen LogP contribution in [0.4, 0.5) is 5.69 Å². The van der Waals surface area contributed by atoms with E-state index in [1.54, 1.807) is 0 Å². The number of nitrogens with zero attached hydrogens (tertiary/aromatic N) is 3. The first-order chi connectivity index (χ1) is 10.2. The van der Waals surface area contributed by atoms with Gasteiger partial charge in [-0.15, -0.1) is 10.2 Å². The maximum Gasteiger partial charge on any atom is 0.237 e. The van der Waals surface area contributed by atoms with E-state index in [1.807, 2.05) is 29.8 Å². The van der Waals surface area contributed by atoms with E-state index in [0.717, 1.165) is 29.5 Å². The first-order valence-electron chi connectivity index (χ1n) is 6.83. The molecule has 1 unspecified atom stereocenters.